The van der Waals surface area contributed by atoms with Gasteiger partial charge in [-0.3, -0.25) is 14.7 Å². The van der Waals surface area contributed by atoms with E-state index in [1.54, 1.807) is 6.20 Å². The molecule has 0 saturated carbocycles. The Balaban J connectivity index is 1.47. The highest BCUT2D eigenvalue weighted by Gasteiger charge is 2.45. The third-order valence-corrected chi connectivity index (χ3v) is 6.05. The summed E-state index contributed by atoms with van der Waals surface area (Å²) in [7, 11) is 2.05. The molecule has 1 atom stereocenters. The Morgan fingerprint density at radius 2 is 2.04 bits per heavy atom. The summed E-state index contributed by atoms with van der Waals surface area (Å²) in [6.45, 7) is 3.74. The zero-order chi connectivity index (χ0) is 18.0. The molecule has 1 spiro atoms. The highest BCUT2D eigenvalue weighted by Crippen LogP contribution is 2.40. The van der Waals surface area contributed by atoms with Crippen molar-refractivity contribution in [1.29, 1.82) is 0 Å². The smallest absolute Gasteiger partial charge is 0.223 e. The second kappa shape index (κ2) is 7.19. The molecule has 2 aliphatic heterocycles. The quantitative estimate of drug-likeness (QED) is 0.847. The van der Waals surface area contributed by atoms with E-state index in [-0.39, 0.29) is 5.54 Å². The topological polar surface area (TPSA) is 54.3 Å². The fourth-order valence-corrected chi connectivity index (χ4v) is 4.48. The van der Waals surface area contributed by atoms with Crippen LogP contribution in [0.4, 0.5) is 0 Å². The van der Waals surface area contributed by atoms with Gasteiger partial charge in [-0.25, -0.2) is 4.98 Å². The molecule has 4 rings (SSSR count). The van der Waals surface area contributed by atoms with Crippen molar-refractivity contribution in [2.24, 2.45) is 7.05 Å². The number of hydrogen-bond acceptors (Lipinski definition) is 4. The van der Waals surface area contributed by atoms with E-state index in [0.29, 0.717) is 18.9 Å². The average molecular weight is 353 g/mol. The molecule has 2 saturated heterocycles. The van der Waals surface area contributed by atoms with Crippen molar-refractivity contribution >= 4 is 5.91 Å². The van der Waals surface area contributed by atoms with Crippen LogP contribution in [0.1, 0.15) is 43.4 Å². The molecule has 1 amide bonds. The molecule has 2 aromatic rings. The van der Waals surface area contributed by atoms with Gasteiger partial charge in [0.15, 0.2) is 0 Å². The molecule has 2 aromatic heterocycles. The third kappa shape index (κ3) is 3.38. The molecular weight excluding hydrogens is 326 g/mol. The zero-order valence-corrected chi connectivity index (χ0v) is 15.5. The van der Waals surface area contributed by atoms with Gasteiger partial charge in [0, 0.05) is 57.2 Å². The van der Waals surface area contributed by atoms with Crippen molar-refractivity contribution in [2.45, 2.75) is 50.7 Å². The summed E-state index contributed by atoms with van der Waals surface area (Å²) < 4.78 is 2.09. The molecule has 4 heterocycles. The summed E-state index contributed by atoms with van der Waals surface area (Å²) in [5, 5.41) is 0. The van der Waals surface area contributed by atoms with Crippen LogP contribution < -0.4 is 0 Å². The Bertz CT molecular complexity index is 759. The second-order valence-electron chi connectivity index (χ2n) is 7.69. The number of rotatable bonds is 4. The molecule has 0 radical (unpaired) electrons. The van der Waals surface area contributed by atoms with Crippen molar-refractivity contribution in [1.82, 2.24) is 24.3 Å². The van der Waals surface area contributed by atoms with Crippen LogP contribution in [0.3, 0.4) is 0 Å². The summed E-state index contributed by atoms with van der Waals surface area (Å²) in [4.78, 5) is 25.7. The first kappa shape index (κ1) is 17.2. The van der Waals surface area contributed by atoms with Gasteiger partial charge in [-0.15, -0.1) is 0 Å². The highest BCUT2D eigenvalue weighted by molar-refractivity contribution is 5.79. The molecular formula is C20H27N5O. The SMILES string of the molecule is Cn1cncc1CN1CCC[C@@]2(CCC(=O)N2Cc2cccnc2)CC1. The lowest BCUT2D eigenvalue weighted by molar-refractivity contribution is -0.132. The summed E-state index contributed by atoms with van der Waals surface area (Å²) in [6, 6.07) is 4.02. The number of aryl methyl sites for hydroxylation is 1. The van der Waals surface area contributed by atoms with Gasteiger partial charge < -0.3 is 9.47 Å². The van der Waals surface area contributed by atoms with Crippen LogP contribution in [0.5, 0.6) is 0 Å². The van der Waals surface area contributed by atoms with E-state index in [1.807, 2.05) is 31.8 Å². The van der Waals surface area contributed by atoms with E-state index in [2.05, 4.69) is 30.4 Å². The highest BCUT2D eigenvalue weighted by atomic mass is 16.2. The second-order valence-corrected chi connectivity index (χ2v) is 7.69. The van der Waals surface area contributed by atoms with Gasteiger partial charge in [0.05, 0.1) is 12.0 Å². The first-order valence-corrected chi connectivity index (χ1v) is 9.53. The Hall–Kier alpha value is -2.21. The number of aromatic nitrogens is 3. The van der Waals surface area contributed by atoms with E-state index in [1.165, 1.54) is 5.69 Å². The molecule has 138 valence electrons. The summed E-state index contributed by atoms with van der Waals surface area (Å²) in [6.07, 6.45) is 12.4. The maximum atomic E-state index is 12.6. The van der Waals surface area contributed by atoms with Gasteiger partial charge in [-0.1, -0.05) is 6.07 Å². The maximum absolute atomic E-state index is 12.6. The van der Waals surface area contributed by atoms with E-state index in [4.69, 9.17) is 0 Å². The van der Waals surface area contributed by atoms with E-state index >= 15 is 0 Å². The Morgan fingerprint density at radius 3 is 2.81 bits per heavy atom. The van der Waals surface area contributed by atoms with Crippen molar-refractivity contribution < 1.29 is 4.79 Å². The van der Waals surface area contributed by atoms with Crippen LogP contribution in [0.15, 0.2) is 37.1 Å². The third-order valence-electron chi connectivity index (χ3n) is 6.05. The van der Waals surface area contributed by atoms with Crippen LogP contribution in [0.25, 0.3) is 0 Å². The normalized spacial score (nSPS) is 24.3. The van der Waals surface area contributed by atoms with Crippen molar-refractivity contribution in [2.75, 3.05) is 13.1 Å². The van der Waals surface area contributed by atoms with E-state index in [0.717, 1.165) is 50.9 Å². The predicted octanol–water partition coefficient (Wildman–Crippen LogP) is 2.36. The summed E-state index contributed by atoms with van der Waals surface area (Å²) >= 11 is 0. The standard InChI is InChI=1S/C20H27N5O/c1-23-16-22-13-18(23)15-24-10-3-6-20(8-11-24)7-5-19(26)25(20)14-17-4-2-9-21-12-17/h2,4,9,12-13,16H,3,5-8,10-11,14-15H2,1H3/t20-/m1/s1. The van der Waals surface area contributed by atoms with Gasteiger partial charge >= 0.3 is 0 Å². The maximum Gasteiger partial charge on any atom is 0.223 e. The summed E-state index contributed by atoms with van der Waals surface area (Å²) in [5.74, 6) is 0.300. The van der Waals surface area contributed by atoms with Gasteiger partial charge in [0.2, 0.25) is 5.91 Å². The summed E-state index contributed by atoms with van der Waals surface area (Å²) in [5.41, 5.74) is 2.39. The van der Waals surface area contributed by atoms with Crippen LogP contribution in [0.2, 0.25) is 0 Å². The minimum Gasteiger partial charge on any atom is -0.337 e. The van der Waals surface area contributed by atoms with Crippen LogP contribution >= 0.6 is 0 Å². The minimum atomic E-state index is 0.0220. The van der Waals surface area contributed by atoms with Crippen LogP contribution in [-0.4, -0.2) is 48.9 Å². The number of pyridine rings is 1. The lowest BCUT2D eigenvalue weighted by Crippen LogP contribution is -2.45. The Labute approximate surface area is 154 Å². The number of amides is 1. The minimum absolute atomic E-state index is 0.0220. The number of carbonyl (C=O) groups is 1. The van der Waals surface area contributed by atoms with Crippen LogP contribution in [0, 0.1) is 0 Å². The molecule has 0 aromatic carbocycles. The lowest BCUT2D eigenvalue weighted by atomic mass is 9.87. The zero-order valence-electron chi connectivity index (χ0n) is 15.5. The fraction of sp³-hybridized carbons (Fsp3) is 0.550. The number of imidazole rings is 1. The average Bonchev–Trinajstić information content (AvgIpc) is 3.10. The molecule has 0 aliphatic carbocycles. The number of nitrogens with zero attached hydrogens (tertiary/aromatic N) is 5. The molecule has 6 heteroatoms. The van der Waals surface area contributed by atoms with Crippen molar-refractivity contribution in [3.8, 4) is 0 Å². The van der Waals surface area contributed by atoms with E-state index in [9.17, 15) is 4.79 Å². The van der Waals surface area contributed by atoms with E-state index < -0.39 is 0 Å². The van der Waals surface area contributed by atoms with Gasteiger partial charge in [0.25, 0.3) is 0 Å². The molecule has 0 bridgehead atoms. The Kier molecular flexibility index (Phi) is 4.76. The molecule has 26 heavy (non-hydrogen) atoms. The first-order valence-electron chi connectivity index (χ1n) is 9.53. The molecule has 0 unspecified atom stereocenters. The molecule has 2 fully saturated rings. The number of hydrogen-bond donors (Lipinski definition) is 0. The molecule has 2 aliphatic rings. The van der Waals surface area contributed by atoms with Crippen molar-refractivity contribution in [3.05, 3.63) is 48.3 Å². The molecule has 6 nitrogen and oxygen atoms in total. The predicted molar refractivity (Wildman–Crippen MR) is 99.1 cm³/mol. The lowest BCUT2D eigenvalue weighted by Gasteiger charge is -2.38. The van der Waals surface area contributed by atoms with Crippen LogP contribution in [-0.2, 0) is 24.9 Å². The largest absolute Gasteiger partial charge is 0.337 e. The number of carbonyl (C=O) groups excluding carboxylic acids is 1. The van der Waals surface area contributed by atoms with Gasteiger partial charge in [-0.2, -0.15) is 0 Å². The van der Waals surface area contributed by atoms with Gasteiger partial charge in [-0.05, 0) is 43.9 Å². The fourth-order valence-electron chi connectivity index (χ4n) is 4.48. The monoisotopic (exact) mass is 353 g/mol. The number of likely N-dealkylation sites (tertiary alicyclic amines) is 2. The molecule has 0 N–H and O–H groups in total. The first-order chi connectivity index (χ1) is 12.7. The van der Waals surface area contributed by atoms with Crippen molar-refractivity contribution in [3.63, 3.8) is 0 Å². The van der Waals surface area contributed by atoms with Gasteiger partial charge in [0.1, 0.15) is 0 Å². The Morgan fingerprint density at radius 1 is 1.12 bits per heavy atom.